The van der Waals surface area contributed by atoms with Crippen LogP contribution in [0.15, 0.2) is 42.0 Å². The molecule has 0 amide bonds. The van der Waals surface area contributed by atoms with Crippen LogP contribution in [-0.4, -0.2) is 28.0 Å². The van der Waals surface area contributed by atoms with Gasteiger partial charge in [-0.3, -0.25) is 4.79 Å². The summed E-state index contributed by atoms with van der Waals surface area (Å²) in [6.45, 7) is 0.611. The molecule has 0 saturated carbocycles. The summed E-state index contributed by atoms with van der Waals surface area (Å²) in [4.78, 5) is 11.2. The Labute approximate surface area is 122 Å². The second-order valence-corrected chi connectivity index (χ2v) is 7.77. The minimum absolute atomic E-state index is 0.0247. The molecule has 2 nitrogen and oxygen atoms in total. The summed E-state index contributed by atoms with van der Waals surface area (Å²) in [6.07, 6.45) is 4.01. The van der Waals surface area contributed by atoms with Crippen LogP contribution in [0.4, 0.5) is 0 Å². The first kappa shape index (κ1) is 13.3. The first-order valence-corrected chi connectivity index (χ1v) is 8.40. The number of hydrogen-bond donors (Lipinski definition) is 0. The Morgan fingerprint density at radius 2 is 2.00 bits per heavy atom. The highest BCUT2D eigenvalue weighted by Gasteiger charge is 2.45. The predicted octanol–water partition coefficient (Wildman–Crippen LogP) is 3.28. The van der Waals surface area contributed by atoms with Crippen LogP contribution in [0, 0.1) is 0 Å². The maximum Gasteiger partial charge on any atom is 0.148 e. The predicted molar refractivity (Wildman–Crippen MR) is 81.4 cm³/mol. The molecule has 1 aliphatic heterocycles. The van der Waals surface area contributed by atoms with Gasteiger partial charge in [0.1, 0.15) is 6.29 Å². The van der Waals surface area contributed by atoms with Gasteiger partial charge in [-0.1, -0.05) is 30.3 Å². The van der Waals surface area contributed by atoms with E-state index in [1.807, 2.05) is 47.8 Å². The zero-order chi connectivity index (χ0) is 13.1. The van der Waals surface area contributed by atoms with Gasteiger partial charge in [0.2, 0.25) is 0 Å². The molecule has 1 spiro atoms. The lowest BCUT2D eigenvalue weighted by Crippen LogP contribution is -2.20. The number of hydrogen-bond acceptors (Lipinski definition) is 4. The van der Waals surface area contributed by atoms with Crippen LogP contribution < -0.4 is 0 Å². The topological polar surface area (TPSA) is 26.3 Å². The van der Waals surface area contributed by atoms with Crippen molar-refractivity contribution in [3.05, 3.63) is 47.5 Å². The van der Waals surface area contributed by atoms with E-state index in [2.05, 4.69) is 12.1 Å². The van der Waals surface area contributed by atoms with Crippen molar-refractivity contribution >= 4 is 29.8 Å². The van der Waals surface area contributed by atoms with E-state index in [0.717, 1.165) is 29.8 Å². The van der Waals surface area contributed by atoms with Gasteiger partial charge in [0, 0.05) is 23.5 Å². The van der Waals surface area contributed by atoms with Crippen LogP contribution in [0.2, 0.25) is 0 Å². The van der Waals surface area contributed by atoms with Gasteiger partial charge in [-0.2, -0.15) is 0 Å². The summed E-state index contributed by atoms with van der Waals surface area (Å²) in [5.74, 6) is 2.25. The molecular formula is C15H16O2S2. The highest BCUT2D eigenvalue weighted by atomic mass is 32.2. The van der Waals surface area contributed by atoms with Gasteiger partial charge in [0.05, 0.1) is 16.8 Å². The van der Waals surface area contributed by atoms with Gasteiger partial charge in [0.25, 0.3) is 0 Å². The minimum atomic E-state index is -0.0247. The fourth-order valence-corrected chi connectivity index (χ4v) is 5.81. The number of thioether (sulfide) groups is 2. The Hall–Kier alpha value is -0.710. The van der Waals surface area contributed by atoms with Crippen molar-refractivity contribution in [3.63, 3.8) is 0 Å². The van der Waals surface area contributed by atoms with E-state index in [1.54, 1.807) is 0 Å². The van der Waals surface area contributed by atoms with E-state index in [1.165, 1.54) is 5.56 Å². The zero-order valence-corrected chi connectivity index (χ0v) is 12.2. The van der Waals surface area contributed by atoms with Gasteiger partial charge < -0.3 is 4.74 Å². The van der Waals surface area contributed by atoms with Gasteiger partial charge in [-0.15, -0.1) is 23.5 Å². The average Bonchev–Trinajstić information content (AvgIpc) is 3.06. The first-order valence-electron chi connectivity index (χ1n) is 6.43. The molecule has 0 radical (unpaired) electrons. The van der Waals surface area contributed by atoms with Gasteiger partial charge in [-0.05, 0) is 11.6 Å². The normalized spacial score (nSPS) is 24.6. The molecule has 2 aliphatic rings. The van der Waals surface area contributed by atoms with E-state index in [0.29, 0.717) is 6.61 Å². The number of ether oxygens (including phenoxy) is 1. The summed E-state index contributed by atoms with van der Waals surface area (Å²) in [6, 6.07) is 10.2. The molecule has 0 unspecified atom stereocenters. The third kappa shape index (κ3) is 2.76. The molecular weight excluding hydrogens is 276 g/mol. The molecule has 4 heteroatoms. The number of rotatable bonds is 4. The molecule has 3 rings (SSSR count). The third-order valence-corrected chi connectivity index (χ3v) is 6.98. The standard InChI is InChI=1S/C15H16O2S2/c16-10-13-8-14(9-15(13)18-6-7-19-15)17-11-12-4-2-1-3-5-12/h1-5,8,10,14H,6-7,9,11H2/t14-/m0/s1. The van der Waals surface area contributed by atoms with E-state index in [9.17, 15) is 4.79 Å². The minimum Gasteiger partial charge on any atom is -0.369 e. The fourth-order valence-electron chi connectivity index (χ4n) is 2.52. The first-order chi connectivity index (χ1) is 9.32. The highest BCUT2D eigenvalue weighted by Crippen LogP contribution is 2.54. The molecule has 100 valence electrons. The van der Waals surface area contributed by atoms with Gasteiger partial charge in [0.15, 0.2) is 0 Å². The summed E-state index contributed by atoms with van der Waals surface area (Å²) < 4.78 is 5.92. The lowest BCUT2D eigenvalue weighted by atomic mass is 10.2. The molecule has 1 saturated heterocycles. The lowest BCUT2D eigenvalue weighted by Gasteiger charge is -2.23. The van der Waals surface area contributed by atoms with Crippen molar-refractivity contribution in [3.8, 4) is 0 Å². The van der Waals surface area contributed by atoms with Crippen LogP contribution in [0.5, 0.6) is 0 Å². The number of carbonyl (C=O) groups excluding carboxylic acids is 1. The van der Waals surface area contributed by atoms with E-state index in [-0.39, 0.29) is 10.2 Å². The average molecular weight is 292 g/mol. The molecule has 1 aliphatic carbocycles. The van der Waals surface area contributed by atoms with Crippen LogP contribution in [-0.2, 0) is 16.1 Å². The van der Waals surface area contributed by atoms with Crippen LogP contribution in [0.25, 0.3) is 0 Å². The lowest BCUT2D eigenvalue weighted by molar-refractivity contribution is -0.105. The fraction of sp³-hybridized carbons (Fsp3) is 0.400. The highest BCUT2D eigenvalue weighted by molar-refractivity contribution is 8.21. The summed E-state index contributed by atoms with van der Waals surface area (Å²) in [5, 5.41) is 0. The molecule has 1 atom stereocenters. The Morgan fingerprint density at radius 3 is 2.68 bits per heavy atom. The molecule has 0 bridgehead atoms. The largest absolute Gasteiger partial charge is 0.369 e. The van der Waals surface area contributed by atoms with Crippen molar-refractivity contribution < 1.29 is 9.53 Å². The summed E-state index contributed by atoms with van der Waals surface area (Å²) in [7, 11) is 0. The second kappa shape index (κ2) is 5.73. The van der Waals surface area contributed by atoms with E-state index in [4.69, 9.17) is 4.74 Å². The molecule has 1 heterocycles. The Balaban J connectivity index is 1.64. The van der Waals surface area contributed by atoms with Crippen LogP contribution >= 0.6 is 23.5 Å². The maximum absolute atomic E-state index is 11.2. The molecule has 1 aromatic carbocycles. The van der Waals surface area contributed by atoms with Crippen molar-refractivity contribution in [1.82, 2.24) is 0 Å². The Kier molecular flexibility index (Phi) is 4.01. The number of benzene rings is 1. The zero-order valence-electron chi connectivity index (χ0n) is 10.6. The molecule has 0 N–H and O–H groups in total. The SMILES string of the molecule is O=CC1=C[C@H](OCc2ccccc2)CC12SCCS2. The van der Waals surface area contributed by atoms with Gasteiger partial charge >= 0.3 is 0 Å². The smallest absolute Gasteiger partial charge is 0.148 e. The van der Waals surface area contributed by atoms with Crippen LogP contribution in [0.1, 0.15) is 12.0 Å². The molecule has 19 heavy (non-hydrogen) atoms. The Bertz CT molecular complexity index is 478. The van der Waals surface area contributed by atoms with Gasteiger partial charge in [-0.25, -0.2) is 0 Å². The molecule has 1 fully saturated rings. The van der Waals surface area contributed by atoms with Crippen molar-refractivity contribution in [2.45, 2.75) is 23.2 Å². The number of aldehydes is 1. The monoisotopic (exact) mass is 292 g/mol. The number of carbonyl (C=O) groups is 1. The summed E-state index contributed by atoms with van der Waals surface area (Å²) >= 11 is 3.79. The van der Waals surface area contributed by atoms with Crippen molar-refractivity contribution in [2.24, 2.45) is 0 Å². The Morgan fingerprint density at radius 1 is 1.26 bits per heavy atom. The molecule has 0 aromatic heterocycles. The quantitative estimate of drug-likeness (QED) is 0.796. The van der Waals surface area contributed by atoms with E-state index < -0.39 is 0 Å². The summed E-state index contributed by atoms with van der Waals surface area (Å²) in [5.41, 5.74) is 2.09. The van der Waals surface area contributed by atoms with E-state index >= 15 is 0 Å². The van der Waals surface area contributed by atoms with Crippen molar-refractivity contribution in [2.75, 3.05) is 11.5 Å². The molecule has 1 aromatic rings. The third-order valence-electron chi connectivity index (χ3n) is 3.46. The van der Waals surface area contributed by atoms with Crippen LogP contribution in [0.3, 0.4) is 0 Å². The maximum atomic E-state index is 11.2. The second-order valence-electron chi connectivity index (χ2n) is 4.73. The van der Waals surface area contributed by atoms with Crippen molar-refractivity contribution in [1.29, 1.82) is 0 Å².